The second-order valence-electron chi connectivity index (χ2n) is 4.91. The predicted octanol–water partition coefficient (Wildman–Crippen LogP) is 2.08. The topological polar surface area (TPSA) is 62.3 Å². The van der Waals surface area contributed by atoms with Gasteiger partial charge in [-0.15, -0.1) is 0 Å². The molecule has 0 spiro atoms. The van der Waals surface area contributed by atoms with Crippen LogP contribution in [0.15, 0.2) is 30.7 Å². The summed E-state index contributed by atoms with van der Waals surface area (Å²) >= 11 is 0. The number of rotatable bonds is 4. The van der Waals surface area contributed by atoms with Crippen LogP contribution in [0.25, 0.3) is 5.69 Å². The highest BCUT2D eigenvalue weighted by Crippen LogP contribution is 2.30. The standard InChI is InChI=1S/C14H19N3O2/c1-14(2,15)13-8-16-9-17(13)11-7-10(18-3)5-6-12(11)19-4/h5-9H,15H2,1-4H3. The lowest BCUT2D eigenvalue weighted by Crippen LogP contribution is -2.31. The van der Waals surface area contributed by atoms with Crippen LogP contribution in [-0.4, -0.2) is 23.8 Å². The van der Waals surface area contributed by atoms with E-state index in [0.29, 0.717) is 0 Å². The Morgan fingerprint density at radius 2 is 1.95 bits per heavy atom. The molecular formula is C14H19N3O2. The van der Waals surface area contributed by atoms with Crippen molar-refractivity contribution < 1.29 is 9.47 Å². The van der Waals surface area contributed by atoms with Crippen molar-refractivity contribution in [1.29, 1.82) is 0 Å². The molecule has 0 bridgehead atoms. The summed E-state index contributed by atoms with van der Waals surface area (Å²) in [6, 6.07) is 5.61. The van der Waals surface area contributed by atoms with E-state index in [1.54, 1.807) is 26.7 Å². The van der Waals surface area contributed by atoms with Crippen LogP contribution < -0.4 is 15.2 Å². The Hall–Kier alpha value is -2.01. The number of benzene rings is 1. The first kappa shape index (κ1) is 13.4. The molecule has 0 saturated heterocycles. The Balaban J connectivity index is 2.61. The summed E-state index contributed by atoms with van der Waals surface area (Å²) in [4.78, 5) is 4.18. The molecule has 1 aromatic carbocycles. The molecule has 19 heavy (non-hydrogen) atoms. The summed E-state index contributed by atoms with van der Waals surface area (Å²) in [5, 5.41) is 0. The van der Waals surface area contributed by atoms with Crippen LogP contribution in [0.5, 0.6) is 11.5 Å². The lowest BCUT2D eigenvalue weighted by atomic mass is 10.0. The zero-order chi connectivity index (χ0) is 14.0. The quantitative estimate of drug-likeness (QED) is 0.915. The zero-order valence-electron chi connectivity index (χ0n) is 11.7. The van der Waals surface area contributed by atoms with E-state index in [-0.39, 0.29) is 0 Å². The van der Waals surface area contributed by atoms with Crippen molar-refractivity contribution in [3.8, 4) is 17.2 Å². The largest absolute Gasteiger partial charge is 0.497 e. The number of nitrogens with two attached hydrogens (primary N) is 1. The highest BCUT2D eigenvalue weighted by Gasteiger charge is 2.21. The second kappa shape index (κ2) is 4.93. The van der Waals surface area contributed by atoms with Crippen LogP contribution in [0.4, 0.5) is 0 Å². The van der Waals surface area contributed by atoms with Crippen molar-refractivity contribution in [2.45, 2.75) is 19.4 Å². The number of imidazole rings is 1. The fourth-order valence-electron chi connectivity index (χ4n) is 1.95. The molecule has 5 heteroatoms. The molecule has 2 rings (SSSR count). The van der Waals surface area contributed by atoms with Crippen LogP contribution in [-0.2, 0) is 5.54 Å². The fourth-order valence-corrected chi connectivity index (χ4v) is 1.95. The van der Waals surface area contributed by atoms with Crippen molar-refractivity contribution in [2.24, 2.45) is 5.73 Å². The van der Waals surface area contributed by atoms with Crippen molar-refractivity contribution in [2.75, 3.05) is 14.2 Å². The summed E-state index contributed by atoms with van der Waals surface area (Å²) in [6.07, 6.45) is 3.49. The van der Waals surface area contributed by atoms with Gasteiger partial charge in [0, 0.05) is 6.07 Å². The molecule has 2 aromatic rings. The summed E-state index contributed by atoms with van der Waals surface area (Å²) in [5.74, 6) is 1.49. The molecule has 0 radical (unpaired) electrons. The highest BCUT2D eigenvalue weighted by molar-refractivity contribution is 5.52. The smallest absolute Gasteiger partial charge is 0.143 e. The van der Waals surface area contributed by atoms with Gasteiger partial charge in [-0.1, -0.05) is 0 Å². The molecule has 0 unspecified atom stereocenters. The zero-order valence-corrected chi connectivity index (χ0v) is 11.7. The third-order valence-corrected chi connectivity index (χ3v) is 2.94. The molecular weight excluding hydrogens is 242 g/mol. The van der Waals surface area contributed by atoms with Crippen LogP contribution in [0, 0.1) is 0 Å². The van der Waals surface area contributed by atoms with Crippen LogP contribution in [0.1, 0.15) is 19.5 Å². The first-order valence-electron chi connectivity index (χ1n) is 6.01. The van der Waals surface area contributed by atoms with Gasteiger partial charge in [-0.2, -0.15) is 0 Å². The predicted molar refractivity (Wildman–Crippen MR) is 73.9 cm³/mol. The van der Waals surface area contributed by atoms with E-state index in [1.165, 1.54) is 0 Å². The lowest BCUT2D eigenvalue weighted by Gasteiger charge is -2.22. The maximum Gasteiger partial charge on any atom is 0.143 e. The fraction of sp³-hybridized carbons (Fsp3) is 0.357. The molecule has 1 heterocycles. The minimum Gasteiger partial charge on any atom is -0.497 e. The third-order valence-electron chi connectivity index (χ3n) is 2.94. The summed E-state index contributed by atoms with van der Waals surface area (Å²) in [7, 11) is 3.27. The molecule has 0 fully saturated rings. The van der Waals surface area contributed by atoms with E-state index in [2.05, 4.69) is 4.98 Å². The highest BCUT2D eigenvalue weighted by atomic mass is 16.5. The molecule has 0 saturated carbocycles. The molecule has 102 valence electrons. The van der Waals surface area contributed by atoms with Crippen LogP contribution >= 0.6 is 0 Å². The second-order valence-corrected chi connectivity index (χ2v) is 4.91. The number of hydrogen-bond acceptors (Lipinski definition) is 4. The van der Waals surface area contributed by atoms with Crippen molar-refractivity contribution in [1.82, 2.24) is 9.55 Å². The number of ether oxygens (including phenoxy) is 2. The SMILES string of the molecule is COc1ccc(OC)c(-n2cncc2C(C)(C)N)c1. The van der Waals surface area contributed by atoms with Crippen molar-refractivity contribution in [3.63, 3.8) is 0 Å². The molecule has 0 aliphatic carbocycles. The molecule has 0 atom stereocenters. The number of methoxy groups -OCH3 is 2. The molecule has 0 aliphatic rings. The molecule has 2 N–H and O–H groups in total. The minimum absolute atomic E-state index is 0.495. The van der Waals surface area contributed by atoms with E-state index in [4.69, 9.17) is 15.2 Å². The first-order chi connectivity index (χ1) is 8.97. The Bertz CT molecular complexity index is 570. The molecule has 5 nitrogen and oxygen atoms in total. The Morgan fingerprint density at radius 3 is 2.53 bits per heavy atom. The number of aromatic nitrogens is 2. The van der Waals surface area contributed by atoms with Gasteiger partial charge in [0.2, 0.25) is 0 Å². The Labute approximate surface area is 113 Å². The normalized spacial score (nSPS) is 11.4. The van der Waals surface area contributed by atoms with Crippen molar-refractivity contribution >= 4 is 0 Å². The van der Waals surface area contributed by atoms with Gasteiger partial charge >= 0.3 is 0 Å². The van der Waals surface area contributed by atoms with E-state index in [1.807, 2.05) is 36.6 Å². The van der Waals surface area contributed by atoms with Gasteiger partial charge in [0.05, 0.1) is 43.7 Å². The van der Waals surface area contributed by atoms with Gasteiger partial charge in [0.15, 0.2) is 0 Å². The maximum absolute atomic E-state index is 6.17. The van der Waals surface area contributed by atoms with Gasteiger partial charge in [-0.3, -0.25) is 4.57 Å². The average Bonchev–Trinajstić information content (AvgIpc) is 2.87. The van der Waals surface area contributed by atoms with Crippen molar-refractivity contribution in [3.05, 3.63) is 36.4 Å². The summed E-state index contributed by atoms with van der Waals surface area (Å²) in [5.41, 5.74) is 7.43. The molecule has 0 amide bonds. The summed E-state index contributed by atoms with van der Waals surface area (Å²) in [6.45, 7) is 3.88. The van der Waals surface area contributed by atoms with Gasteiger partial charge in [0.1, 0.15) is 11.5 Å². The Kier molecular flexibility index (Phi) is 3.48. The number of nitrogens with zero attached hydrogens (tertiary/aromatic N) is 2. The van der Waals surface area contributed by atoms with E-state index >= 15 is 0 Å². The van der Waals surface area contributed by atoms with Crippen LogP contribution in [0.3, 0.4) is 0 Å². The minimum atomic E-state index is -0.495. The van der Waals surface area contributed by atoms with E-state index < -0.39 is 5.54 Å². The maximum atomic E-state index is 6.17. The van der Waals surface area contributed by atoms with Gasteiger partial charge in [-0.25, -0.2) is 4.98 Å². The lowest BCUT2D eigenvalue weighted by molar-refractivity contribution is 0.400. The van der Waals surface area contributed by atoms with Crippen LogP contribution in [0.2, 0.25) is 0 Å². The average molecular weight is 261 g/mol. The monoisotopic (exact) mass is 261 g/mol. The molecule has 0 aliphatic heterocycles. The van der Waals surface area contributed by atoms with Gasteiger partial charge in [0.25, 0.3) is 0 Å². The Morgan fingerprint density at radius 1 is 1.21 bits per heavy atom. The van der Waals surface area contributed by atoms with Gasteiger partial charge in [-0.05, 0) is 26.0 Å². The van der Waals surface area contributed by atoms with E-state index in [9.17, 15) is 0 Å². The van der Waals surface area contributed by atoms with E-state index in [0.717, 1.165) is 22.9 Å². The first-order valence-corrected chi connectivity index (χ1v) is 6.01. The molecule has 1 aromatic heterocycles. The van der Waals surface area contributed by atoms with Gasteiger partial charge < -0.3 is 15.2 Å². The summed E-state index contributed by atoms with van der Waals surface area (Å²) < 4.78 is 12.6. The third kappa shape index (κ3) is 2.56. The number of hydrogen-bond donors (Lipinski definition) is 1.